The molecule has 0 saturated heterocycles. The minimum atomic E-state index is -0.00231. The Kier molecular flexibility index (Phi) is 3.90. The maximum absolute atomic E-state index is 12.4. The third kappa shape index (κ3) is 2.79. The molecule has 0 bridgehead atoms. The summed E-state index contributed by atoms with van der Waals surface area (Å²) in [6.07, 6.45) is 0. The smallest absolute Gasteiger partial charge is 0.264 e. The molecule has 1 heterocycles. The highest BCUT2D eigenvalue weighted by atomic mass is 32.1. The van der Waals surface area contributed by atoms with Crippen molar-refractivity contribution in [3.63, 3.8) is 0 Å². The standard InChI is InChI=1S/C15H18N2OS/c1-10-7-8-19-14(10)15(18)17(3)11(2)12-5-4-6-13(16)9-12/h4-9,11H,16H2,1-3H3. The van der Waals surface area contributed by atoms with Crippen LogP contribution in [-0.4, -0.2) is 17.9 Å². The summed E-state index contributed by atoms with van der Waals surface area (Å²) in [6.45, 7) is 3.97. The second-order valence-corrected chi connectivity index (χ2v) is 5.61. The number of hydrogen-bond acceptors (Lipinski definition) is 3. The molecule has 1 aromatic heterocycles. The van der Waals surface area contributed by atoms with Crippen molar-refractivity contribution in [1.29, 1.82) is 0 Å². The first kappa shape index (κ1) is 13.6. The Balaban J connectivity index is 2.22. The van der Waals surface area contributed by atoms with Gasteiger partial charge in [0.1, 0.15) is 0 Å². The lowest BCUT2D eigenvalue weighted by atomic mass is 10.1. The van der Waals surface area contributed by atoms with Crippen LogP contribution in [-0.2, 0) is 0 Å². The van der Waals surface area contributed by atoms with Crippen LogP contribution in [0.3, 0.4) is 0 Å². The number of hydrogen-bond donors (Lipinski definition) is 1. The van der Waals surface area contributed by atoms with Crippen molar-refractivity contribution in [3.8, 4) is 0 Å². The van der Waals surface area contributed by atoms with Gasteiger partial charge in [0.2, 0.25) is 0 Å². The van der Waals surface area contributed by atoms with Crippen molar-refractivity contribution in [1.82, 2.24) is 4.90 Å². The fraction of sp³-hybridized carbons (Fsp3) is 0.267. The zero-order chi connectivity index (χ0) is 14.0. The lowest BCUT2D eigenvalue weighted by Crippen LogP contribution is -2.29. The molecule has 0 aliphatic heterocycles. The summed E-state index contributed by atoms with van der Waals surface area (Å²) < 4.78 is 0. The first-order valence-corrected chi connectivity index (χ1v) is 7.05. The molecule has 1 amide bonds. The zero-order valence-electron chi connectivity index (χ0n) is 11.4. The van der Waals surface area contributed by atoms with E-state index in [9.17, 15) is 4.79 Å². The summed E-state index contributed by atoms with van der Waals surface area (Å²) in [6, 6.07) is 9.63. The molecule has 2 aromatic rings. The molecule has 19 heavy (non-hydrogen) atoms. The molecular formula is C15H18N2OS. The molecule has 1 unspecified atom stereocenters. The average molecular weight is 274 g/mol. The molecule has 0 spiro atoms. The minimum Gasteiger partial charge on any atom is -0.399 e. The van der Waals surface area contributed by atoms with Gasteiger partial charge in [0.15, 0.2) is 0 Å². The van der Waals surface area contributed by atoms with E-state index < -0.39 is 0 Å². The molecule has 4 heteroatoms. The van der Waals surface area contributed by atoms with Crippen LogP contribution in [0, 0.1) is 6.92 Å². The largest absolute Gasteiger partial charge is 0.399 e. The third-order valence-corrected chi connectivity index (χ3v) is 4.36. The molecular weight excluding hydrogens is 256 g/mol. The van der Waals surface area contributed by atoms with Gasteiger partial charge < -0.3 is 10.6 Å². The van der Waals surface area contributed by atoms with E-state index in [1.54, 1.807) is 4.90 Å². The fourth-order valence-corrected chi connectivity index (χ4v) is 2.88. The van der Waals surface area contributed by atoms with Gasteiger partial charge in [-0.1, -0.05) is 12.1 Å². The van der Waals surface area contributed by atoms with Gasteiger partial charge in [0, 0.05) is 12.7 Å². The van der Waals surface area contributed by atoms with Crippen molar-refractivity contribution in [3.05, 3.63) is 51.7 Å². The fourth-order valence-electron chi connectivity index (χ4n) is 1.97. The van der Waals surface area contributed by atoms with Gasteiger partial charge in [-0.2, -0.15) is 0 Å². The van der Waals surface area contributed by atoms with Crippen molar-refractivity contribution in [2.24, 2.45) is 0 Å². The molecule has 0 aliphatic carbocycles. The number of anilines is 1. The highest BCUT2D eigenvalue weighted by Crippen LogP contribution is 2.25. The van der Waals surface area contributed by atoms with Crippen molar-refractivity contribution in [2.45, 2.75) is 19.9 Å². The van der Waals surface area contributed by atoms with E-state index in [0.29, 0.717) is 0 Å². The van der Waals surface area contributed by atoms with Gasteiger partial charge in [-0.3, -0.25) is 4.79 Å². The number of benzene rings is 1. The van der Waals surface area contributed by atoms with E-state index in [-0.39, 0.29) is 11.9 Å². The molecule has 3 nitrogen and oxygen atoms in total. The summed E-state index contributed by atoms with van der Waals surface area (Å²) in [5.41, 5.74) is 8.59. The first-order valence-electron chi connectivity index (χ1n) is 6.17. The molecule has 2 rings (SSSR count). The van der Waals surface area contributed by atoms with Gasteiger partial charge in [0.25, 0.3) is 5.91 Å². The molecule has 1 atom stereocenters. The van der Waals surface area contributed by atoms with Crippen LogP contribution in [0.1, 0.15) is 33.8 Å². The van der Waals surface area contributed by atoms with Gasteiger partial charge in [0.05, 0.1) is 10.9 Å². The van der Waals surface area contributed by atoms with Gasteiger partial charge >= 0.3 is 0 Å². The summed E-state index contributed by atoms with van der Waals surface area (Å²) in [7, 11) is 1.83. The van der Waals surface area contributed by atoms with Crippen LogP contribution in [0.4, 0.5) is 5.69 Å². The SMILES string of the molecule is Cc1ccsc1C(=O)N(C)C(C)c1cccc(N)c1. The van der Waals surface area contributed by atoms with Crippen LogP contribution in [0.25, 0.3) is 0 Å². The number of nitrogens with two attached hydrogens (primary N) is 1. The van der Waals surface area contributed by atoms with Crippen LogP contribution >= 0.6 is 11.3 Å². The first-order chi connectivity index (χ1) is 9.00. The Morgan fingerprint density at radius 3 is 2.68 bits per heavy atom. The minimum absolute atomic E-state index is 0.00231. The molecule has 0 aliphatic rings. The molecule has 100 valence electrons. The number of carbonyl (C=O) groups excluding carboxylic acids is 1. The highest BCUT2D eigenvalue weighted by molar-refractivity contribution is 7.12. The number of carbonyl (C=O) groups is 1. The summed E-state index contributed by atoms with van der Waals surface area (Å²) >= 11 is 1.49. The second-order valence-electron chi connectivity index (χ2n) is 4.69. The molecule has 2 N–H and O–H groups in total. The Morgan fingerprint density at radius 2 is 2.11 bits per heavy atom. The molecule has 1 aromatic carbocycles. The number of nitrogens with zero attached hydrogens (tertiary/aromatic N) is 1. The Hall–Kier alpha value is -1.81. The second kappa shape index (κ2) is 5.45. The summed E-state index contributed by atoms with van der Waals surface area (Å²) in [5.74, 6) is 0.0578. The van der Waals surface area contributed by atoms with Crippen molar-refractivity contribution >= 4 is 22.9 Å². The van der Waals surface area contributed by atoms with Crippen LogP contribution in [0.2, 0.25) is 0 Å². The van der Waals surface area contributed by atoms with E-state index >= 15 is 0 Å². The Bertz CT molecular complexity index is 591. The van der Waals surface area contributed by atoms with Crippen molar-refractivity contribution < 1.29 is 4.79 Å². The Morgan fingerprint density at radius 1 is 1.37 bits per heavy atom. The predicted octanol–water partition coefficient (Wildman–Crippen LogP) is 3.47. The molecule has 0 radical (unpaired) electrons. The zero-order valence-corrected chi connectivity index (χ0v) is 12.2. The normalized spacial score (nSPS) is 12.2. The van der Waals surface area contributed by atoms with Gasteiger partial charge in [-0.05, 0) is 48.6 Å². The highest BCUT2D eigenvalue weighted by Gasteiger charge is 2.21. The number of aryl methyl sites for hydroxylation is 1. The number of nitrogen functional groups attached to an aromatic ring is 1. The van der Waals surface area contributed by atoms with E-state index in [1.165, 1.54) is 11.3 Å². The van der Waals surface area contributed by atoms with E-state index in [4.69, 9.17) is 5.73 Å². The lowest BCUT2D eigenvalue weighted by Gasteiger charge is -2.25. The van der Waals surface area contributed by atoms with E-state index in [0.717, 1.165) is 21.7 Å². The number of thiophene rings is 1. The average Bonchev–Trinajstić information content (AvgIpc) is 2.82. The van der Waals surface area contributed by atoms with Gasteiger partial charge in [-0.15, -0.1) is 11.3 Å². The molecule has 0 fully saturated rings. The Labute approximate surface area is 117 Å². The molecule has 0 saturated carbocycles. The predicted molar refractivity (Wildman–Crippen MR) is 80.4 cm³/mol. The summed E-state index contributed by atoms with van der Waals surface area (Å²) in [5, 5.41) is 1.95. The topological polar surface area (TPSA) is 46.3 Å². The lowest BCUT2D eigenvalue weighted by molar-refractivity contribution is 0.0747. The van der Waals surface area contributed by atoms with Gasteiger partial charge in [-0.25, -0.2) is 0 Å². The third-order valence-electron chi connectivity index (χ3n) is 3.35. The quantitative estimate of drug-likeness (QED) is 0.871. The van der Waals surface area contributed by atoms with E-state index in [2.05, 4.69) is 0 Å². The monoisotopic (exact) mass is 274 g/mol. The summed E-state index contributed by atoms with van der Waals surface area (Å²) in [4.78, 5) is 15.0. The number of rotatable bonds is 3. The van der Waals surface area contributed by atoms with Crippen molar-refractivity contribution in [2.75, 3.05) is 12.8 Å². The van der Waals surface area contributed by atoms with E-state index in [1.807, 2.05) is 56.6 Å². The van der Waals surface area contributed by atoms with Crippen LogP contribution in [0.5, 0.6) is 0 Å². The van der Waals surface area contributed by atoms with Crippen LogP contribution < -0.4 is 5.73 Å². The van der Waals surface area contributed by atoms with Crippen LogP contribution in [0.15, 0.2) is 35.7 Å². The maximum Gasteiger partial charge on any atom is 0.264 e. The maximum atomic E-state index is 12.4. The number of amides is 1.